The van der Waals surface area contributed by atoms with Crippen LogP contribution < -0.4 is 21.5 Å². The zero-order valence-corrected chi connectivity index (χ0v) is 25.9. The number of fused-ring (bicyclic) bond motifs is 3. The Kier molecular flexibility index (Phi) is 7.99. The summed E-state index contributed by atoms with van der Waals surface area (Å²) in [6.45, 7) is 4.09. The number of carbonyl (C=O) groups excluding carboxylic acids is 1. The first-order valence-corrected chi connectivity index (χ1v) is 16.9. The van der Waals surface area contributed by atoms with Crippen molar-refractivity contribution in [1.82, 2.24) is 19.9 Å². The molecule has 0 bridgehead atoms. The number of aryl methyl sites for hydroxylation is 3. The maximum atomic E-state index is 13.6. The molecular formula is C34H35FN5O3P. The Labute approximate surface area is 254 Å². The number of pyridine rings is 1. The first-order chi connectivity index (χ1) is 21.1. The number of nitrogens with zero attached hydrogens (tertiary/aromatic N) is 2. The Balaban J connectivity index is 1.15. The molecular weight excluding hydrogens is 576 g/mol. The summed E-state index contributed by atoms with van der Waals surface area (Å²) in [6.07, 6.45) is 5.98. The van der Waals surface area contributed by atoms with Crippen LogP contribution in [0.5, 0.6) is 0 Å². The van der Waals surface area contributed by atoms with Crippen LogP contribution in [0.2, 0.25) is 0 Å². The van der Waals surface area contributed by atoms with E-state index >= 15 is 0 Å². The van der Waals surface area contributed by atoms with Gasteiger partial charge < -0.3 is 24.7 Å². The number of carbonyl (C=O) groups is 1. The Morgan fingerprint density at radius 2 is 1.86 bits per heavy atom. The summed E-state index contributed by atoms with van der Waals surface area (Å²) in [7, 11) is -0.590. The lowest BCUT2D eigenvalue weighted by Crippen LogP contribution is -2.34. The Hall–Kier alpha value is -4.49. The smallest absolute Gasteiger partial charge is 0.258 e. The van der Waals surface area contributed by atoms with Gasteiger partial charge in [0.2, 0.25) is 11.9 Å². The van der Waals surface area contributed by atoms with Gasteiger partial charge in [-0.1, -0.05) is 42.5 Å². The fraction of sp³-hybridized carbons (Fsp3) is 0.265. The number of H-pyrrole nitrogens is 1. The molecule has 1 amide bonds. The number of anilines is 2. The Bertz CT molecular complexity index is 2020. The highest BCUT2D eigenvalue weighted by atomic mass is 31.2. The number of rotatable bonds is 7. The van der Waals surface area contributed by atoms with Gasteiger partial charge in [-0.05, 0) is 73.5 Å². The molecule has 3 N–H and O–H groups in total. The number of imidazole rings is 1. The van der Waals surface area contributed by atoms with Gasteiger partial charge in [0.05, 0.1) is 16.4 Å². The lowest BCUT2D eigenvalue weighted by Gasteiger charge is -2.28. The second kappa shape index (κ2) is 11.9. The number of nitrogens with one attached hydrogen (secondary N) is 3. The van der Waals surface area contributed by atoms with Crippen LogP contribution in [0.25, 0.3) is 27.9 Å². The van der Waals surface area contributed by atoms with E-state index in [1.807, 2.05) is 80.1 Å². The highest BCUT2D eigenvalue weighted by Gasteiger charge is 2.34. The minimum Gasteiger partial charge on any atom is -0.352 e. The quantitative estimate of drug-likeness (QED) is 0.192. The standard InChI is InChI=1S/C34H35FN5O3P/c1-21-20-24(35)11-13-27(21)38-34-39-29-14-12-26-22(2)28(37-33(42)30(26)31(29)40(34)3)10-7-17-36-32(41)23-15-18-44(43,19-16-23)25-8-5-4-6-9-25/h4-14,20,23H,15-19H2,1-3H3,(H,36,41)(H,37,42)(H,38,39)/t23-,44+. The summed E-state index contributed by atoms with van der Waals surface area (Å²) in [4.78, 5) is 33.9. The number of hydrogen-bond acceptors (Lipinski definition) is 5. The molecule has 0 aliphatic carbocycles. The van der Waals surface area contributed by atoms with Gasteiger partial charge in [0.25, 0.3) is 5.56 Å². The van der Waals surface area contributed by atoms with Gasteiger partial charge in [0.1, 0.15) is 13.0 Å². The van der Waals surface area contributed by atoms with Gasteiger partial charge in [-0.2, -0.15) is 0 Å². The molecule has 5 aromatic rings. The molecule has 3 aromatic carbocycles. The zero-order chi connectivity index (χ0) is 31.0. The molecule has 8 nitrogen and oxygen atoms in total. The maximum Gasteiger partial charge on any atom is 0.258 e. The van der Waals surface area contributed by atoms with Gasteiger partial charge in [-0.15, -0.1) is 0 Å². The Morgan fingerprint density at radius 3 is 2.59 bits per heavy atom. The number of benzene rings is 3. The lowest BCUT2D eigenvalue weighted by atomic mass is 10.0. The fourth-order valence-electron chi connectivity index (χ4n) is 6.12. The van der Waals surface area contributed by atoms with Crippen molar-refractivity contribution in [2.45, 2.75) is 26.7 Å². The molecule has 0 spiro atoms. The van der Waals surface area contributed by atoms with E-state index in [0.717, 1.165) is 27.5 Å². The summed E-state index contributed by atoms with van der Waals surface area (Å²) in [5.41, 5.74) is 4.17. The molecule has 0 radical (unpaired) electrons. The molecule has 226 valence electrons. The highest BCUT2D eigenvalue weighted by Crippen LogP contribution is 2.50. The van der Waals surface area contributed by atoms with Crippen molar-refractivity contribution in [3.05, 3.63) is 99.7 Å². The summed E-state index contributed by atoms with van der Waals surface area (Å²) >= 11 is 0. The first-order valence-electron chi connectivity index (χ1n) is 14.8. The molecule has 3 heterocycles. The van der Waals surface area contributed by atoms with E-state index in [4.69, 9.17) is 0 Å². The van der Waals surface area contributed by atoms with Crippen molar-refractivity contribution in [2.75, 3.05) is 24.2 Å². The van der Waals surface area contributed by atoms with E-state index in [1.54, 1.807) is 6.07 Å². The van der Waals surface area contributed by atoms with Crippen LogP contribution in [0.4, 0.5) is 16.0 Å². The number of amides is 1. The maximum absolute atomic E-state index is 13.6. The van der Waals surface area contributed by atoms with Crippen molar-refractivity contribution in [1.29, 1.82) is 0 Å². The summed E-state index contributed by atoms with van der Waals surface area (Å²) < 4.78 is 28.8. The van der Waals surface area contributed by atoms with Crippen molar-refractivity contribution >= 4 is 57.9 Å². The molecule has 0 atom stereocenters. The summed E-state index contributed by atoms with van der Waals surface area (Å²) in [5, 5.41) is 8.48. The number of hydrogen-bond donors (Lipinski definition) is 3. The molecule has 1 saturated heterocycles. The SMILES string of the molecule is Cc1cc(F)ccc1Nc1nc2ccc3c(C)c(C=CCNC(=O)[C@H]4CC[P@](=O)(c5ccccc5)CC4)[nH]c(=O)c3c2n1C. The van der Waals surface area contributed by atoms with E-state index in [1.165, 1.54) is 12.1 Å². The van der Waals surface area contributed by atoms with Crippen molar-refractivity contribution in [2.24, 2.45) is 13.0 Å². The highest BCUT2D eigenvalue weighted by molar-refractivity contribution is 7.71. The van der Waals surface area contributed by atoms with E-state index in [-0.39, 0.29) is 23.2 Å². The van der Waals surface area contributed by atoms with Crippen LogP contribution in [0.3, 0.4) is 0 Å². The molecule has 10 heteroatoms. The van der Waals surface area contributed by atoms with Crippen molar-refractivity contribution in [3.63, 3.8) is 0 Å². The normalized spacial score (nSPS) is 18.7. The topological polar surface area (TPSA) is 109 Å². The minimum atomic E-state index is -2.43. The number of halogens is 1. The van der Waals surface area contributed by atoms with Crippen LogP contribution in [0, 0.1) is 25.6 Å². The van der Waals surface area contributed by atoms with E-state index in [2.05, 4.69) is 20.6 Å². The lowest BCUT2D eigenvalue weighted by molar-refractivity contribution is -0.125. The molecule has 2 aromatic heterocycles. The van der Waals surface area contributed by atoms with Crippen LogP contribution in [-0.4, -0.2) is 39.3 Å². The zero-order valence-electron chi connectivity index (χ0n) is 25.0. The van der Waals surface area contributed by atoms with Crippen LogP contribution >= 0.6 is 7.14 Å². The van der Waals surface area contributed by atoms with Crippen molar-refractivity contribution < 1.29 is 13.8 Å². The molecule has 1 aliphatic heterocycles. The second-order valence-corrected chi connectivity index (χ2v) is 14.7. The summed E-state index contributed by atoms with van der Waals surface area (Å²) in [6, 6.07) is 17.9. The van der Waals surface area contributed by atoms with Crippen LogP contribution in [-0.2, 0) is 16.4 Å². The van der Waals surface area contributed by atoms with Crippen LogP contribution in [0.1, 0.15) is 29.7 Å². The average molecular weight is 612 g/mol. The van der Waals surface area contributed by atoms with Gasteiger partial charge in [-0.25, -0.2) is 9.37 Å². The predicted molar refractivity (Wildman–Crippen MR) is 176 cm³/mol. The first kappa shape index (κ1) is 29.6. The third-order valence-electron chi connectivity index (χ3n) is 8.71. The van der Waals surface area contributed by atoms with Crippen molar-refractivity contribution in [3.8, 4) is 0 Å². The molecule has 1 fully saturated rings. The predicted octanol–water partition coefficient (Wildman–Crippen LogP) is 6.14. The van der Waals surface area contributed by atoms with Gasteiger partial charge in [0, 0.05) is 48.5 Å². The Morgan fingerprint density at radius 1 is 1.11 bits per heavy atom. The van der Waals surface area contributed by atoms with E-state index in [9.17, 15) is 18.5 Å². The molecule has 0 unspecified atom stereocenters. The molecule has 1 aliphatic rings. The number of aromatic amines is 1. The van der Waals surface area contributed by atoms with Gasteiger partial charge in [-0.3, -0.25) is 9.59 Å². The fourth-order valence-corrected chi connectivity index (χ4v) is 9.04. The second-order valence-electron chi connectivity index (χ2n) is 11.5. The van der Waals surface area contributed by atoms with Gasteiger partial charge in [0.15, 0.2) is 0 Å². The van der Waals surface area contributed by atoms with E-state index < -0.39 is 7.14 Å². The molecule has 0 saturated carbocycles. The average Bonchev–Trinajstić information content (AvgIpc) is 3.34. The third kappa shape index (κ3) is 5.60. The van der Waals surface area contributed by atoms with E-state index in [0.29, 0.717) is 59.8 Å². The van der Waals surface area contributed by atoms with Crippen LogP contribution in [0.15, 0.2) is 71.5 Å². The minimum absolute atomic E-state index is 0.0310. The number of aromatic nitrogens is 3. The monoisotopic (exact) mass is 611 g/mol. The van der Waals surface area contributed by atoms with Gasteiger partial charge >= 0.3 is 0 Å². The third-order valence-corrected chi connectivity index (χ3v) is 11.9. The summed E-state index contributed by atoms with van der Waals surface area (Å²) in [5.74, 6) is 0.0551. The molecule has 44 heavy (non-hydrogen) atoms. The largest absolute Gasteiger partial charge is 0.352 e. The molecule has 6 rings (SSSR count).